The average Bonchev–Trinajstić information content (AvgIpc) is 2.57. The Bertz CT molecular complexity index is 585. The van der Waals surface area contributed by atoms with E-state index >= 15 is 0 Å². The van der Waals surface area contributed by atoms with E-state index in [2.05, 4.69) is 38.4 Å². The second-order valence-electron chi connectivity index (χ2n) is 6.03. The van der Waals surface area contributed by atoms with Crippen LogP contribution in [0.2, 0.25) is 0 Å². The van der Waals surface area contributed by atoms with Crippen LogP contribution in [0.15, 0.2) is 42.7 Å². The fourth-order valence-electron chi connectivity index (χ4n) is 3.31. The van der Waals surface area contributed by atoms with Gasteiger partial charge < -0.3 is 5.32 Å². The summed E-state index contributed by atoms with van der Waals surface area (Å²) >= 11 is 0. The Balaban J connectivity index is 1.61. The van der Waals surface area contributed by atoms with Crippen molar-refractivity contribution in [3.05, 3.63) is 54.0 Å². The van der Waals surface area contributed by atoms with Gasteiger partial charge in [0.25, 0.3) is 0 Å². The molecule has 4 nitrogen and oxygen atoms in total. The van der Waals surface area contributed by atoms with Crippen LogP contribution < -0.4 is 5.32 Å². The topological polar surface area (TPSA) is 41.1 Å². The molecule has 1 atom stereocenters. The van der Waals surface area contributed by atoms with Gasteiger partial charge >= 0.3 is 0 Å². The van der Waals surface area contributed by atoms with E-state index in [1.54, 1.807) is 0 Å². The van der Waals surface area contributed by atoms with Crippen molar-refractivity contribution in [3.8, 4) is 0 Å². The minimum absolute atomic E-state index is 0.707. The van der Waals surface area contributed by atoms with Gasteiger partial charge in [0.15, 0.2) is 0 Å². The van der Waals surface area contributed by atoms with Crippen molar-refractivity contribution in [1.29, 1.82) is 0 Å². The van der Waals surface area contributed by atoms with Gasteiger partial charge in [0, 0.05) is 43.8 Å². The third-order valence-corrected chi connectivity index (χ3v) is 4.35. The van der Waals surface area contributed by atoms with E-state index in [-0.39, 0.29) is 0 Å². The van der Waals surface area contributed by atoms with Crippen molar-refractivity contribution < 1.29 is 0 Å². The number of pyridine rings is 2. The Hall–Kier alpha value is -1.94. The predicted octanol–water partition coefficient (Wildman–Crippen LogP) is 2.97. The number of nitrogens with zero attached hydrogens (tertiary/aromatic N) is 3. The highest BCUT2D eigenvalue weighted by Crippen LogP contribution is 2.23. The van der Waals surface area contributed by atoms with Crippen LogP contribution in [-0.2, 0) is 13.0 Å². The van der Waals surface area contributed by atoms with Crippen molar-refractivity contribution in [2.75, 3.05) is 25.5 Å². The average molecular weight is 296 g/mol. The molecule has 116 valence electrons. The summed E-state index contributed by atoms with van der Waals surface area (Å²) in [5.41, 5.74) is 2.50. The number of aromatic nitrogens is 2. The summed E-state index contributed by atoms with van der Waals surface area (Å²) in [5.74, 6) is 1.70. The molecule has 0 radical (unpaired) electrons. The van der Waals surface area contributed by atoms with Crippen LogP contribution in [0.5, 0.6) is 0 Å². The largest absolute Gasteiger partial charge is 0.373 e. The molecule has 3 rings (SSSR count). The standard InChI is InChI=1S/C18H24N4/c1-19-18-16(7-4-10-21-18)14-22-11-5-6-15(13-22)12-17-8-2-3-9-20-17/h2-4,7-10,15H,5-6,11-14H2,1H3,(H,19,21). The fraction of sp³-hybridized carbons (Fsp3) is 0.444. The van der Waals surface area contributed by atoms with Crippen LogP contribution in [0.1, 0.15) is 24.1 Å². The van der Waals surface area contributed by atoms with Crippen molar-refractivity contribution >= 4 is 5.82 Å². The Morgan fingerprint density at radius 2 is 2.09 bits per heavy atom. The number of hydrogen-bond acceptors (Lipinski definition) is 4. The molecule has 0 spiro atoms. The molecule has 0 aliphatic carbocycles. The molecule has 22 heavy (non-hydrogen) atoms. The van der Waals surface area contributed by atoms with E-state index < -0.39 is 0 Å². The molecule has 4 heteroatoms. The Kier molecular flexibility index (Phi) is 5.01. The van der Waals surface area contributed by atoms with Gasteiger partial charge in [-0.1, -0.05) is 12.1 Å². The fourth-order valence-corrected chi connectivity index (χ4v) is 3.31. The number of nitrogens with one attached hydrogen (secondary N) is 1. The molecular weight excluding hydrogens is 272 g/mol. The van der Waals surface area contributed by atoms with E-state index in [9.17, 15) is 0 Å². The minimum atomic E-state index is 0.707. The maximum atomic E-state index is 4.47. The van der Waals surface area contributed by atoms with Gasteiger partial charge in [0.2, 0.25) is 0 Å². The number of likely N-dealkylation sites (tertiary alicyclic amines) is 1. The number of rotatable bonds is 5. The number of hydrogen-bond donors (Lipinski definition) is 1. The highest BCUT2D eigenvalue weighted by molar-refractivity contribution is 5.42. The van der Waals surface area contributed by atoms with Gasteiger partial charge in [0.05, 0.1) is 0 Å². The summed E-state index contributed by atoms with van der Waals surface area (Å²) in [7, 11) is 1.94. The van der Waals surface area contributed by atoms with Gasteiger partial charge in [-0.3, -0.25) is 9.88 Å². The molecule has 1 unspecified atom stereocenters. The van der Waals surface area contributed by atoms with E-state index in [1.807, 2.05) is 31.6 Å². The van der Waals surface area contributed by atoms with Gasteiger partial charge in [-0.25, -0.2) is 4.98 Å². The molecular formula is C18H24N4. The summed E-state index contributed by atoms with van der Waals surface area (Å²) in [6.45, 7) is 3.30. The lowest BCUT2D eigenvalue weighted by Crippen LogP contribution is -2.36. The third kappa shape index (κ3) is 3.83. The molecule has 1 aliphatic rings. The van der Waals surface area contributed by atoms with Crippen molar-refractivity contribution in [2.45, 2.75) is 25.8 Å². The Labute approximate surface area is 132 Å². The lowest BCUT2D eigenvalue weighted by atomic mass is 9.93. The molecule has 0 aromatic carbocycles. The van der Waals surface area contributed by atoms with Crippen LogP contribution in [0.3, 0.4) is 0 Å². The second kappa shape index (κ2) is 7.36. The van der Waals surface area contributed by atoms with Crippen LogP contribution in [0.4, 0.5) is 5.82 Å². The normalized spacial score (nSPS) is 19.0. The molecule has 1 fully saturated rings. The van der Waals surface area contributed by atoms with E-state index in [0.29, 0.717) is 5.92 Å². The summed E-state index contributed by atoms with van der Waals surface area (Å²) in [4.78, 5) is 11.4. The van der Waals surface area contributed by atoms with Gasteiger partial charge in [0.1, 0.15) is 5.82 Å². The molecule has 1 N–H and O–H groups in total. The zero-order valence-electron chi connectivity index (χ0n) is 13.2. The summed E-state index contributed by atoms with van der Waals surface area (Å²) in [6.07, 6.45) is 7.40. The molecule has 1 saturated heterocycles. The maximum Gasteiger partial charge on any atom is 0.130 e. The van der Waals surface area contributed by atoms with Crippen LogP contribution in [-0.4, -0.2) is 35.0 Å². The van der Waals surface area contributed by atoms with Gasteiger partial charge in [-0.2, -0.15) is 0 Å². The molecule has 2 aromatic rings. The summed E-state index contributed by atoms with van der Waals surface area (Å²) in [5, 5.41) is 3.19. The molecule has 0 amide bonds. The molecule has 0 saturated carbocycles. The Morgan fingerprint density at radius 3 is 2.91 bits per heavy atom. The molecule has 0 bridgehead atoms. The zero-order chi connectivity index (χ0) is 15.2. The maximum absolute atomic E-state index is 4.47. The lowest BCUT2D eigenvalue weighted by Gasteiger charge is -2.33. The number of anilines is 1. The van der Waals surface area contributed by atoms with Crippen molar-refractivity contribution in [2.24, 2.45) is 5.92 Å². The highest BCUT2D eigenvalue weighted by atomic mass is 15.1. The SMILES string of the molecule is CNc1ncccc1CN1CCCC(Cc2ccccn2)C1. The van der Waals surface area contributed by atoms with Crippen molar-refractivity contribution in [3.63, 3.8) is 0 Å². The Morgan fingerprint density at radius 1 is 1.18 bits per heavy atom. The van der Waals surface area contributed by atoms with Crippen LogP contribution >= 0.6 is 0 Å². The second-order valence-corrected chi connectivity index (χ2v) is 6.03. The smallest absolute Gasteiger partial charge is 0.130 e. The summed E-state index contributed by atoms with van der Waals surface area (Å²) < 4.78 is 0. The van der Waals surface area contributed by atoms with E-state index in [1.165, 1.54) is 30.6 Å². The van der Waals surface area contributed by atoms with Crippen molar-refractivity contribution in [1.82, 2.24) is 14.9 Å². The van der Waals surface area contributed by atoms with E-state index in [0.717, 1.165) is 25.3 Å². The molecule has 3 heterocycles. The zero-order valence-corrected chi connectivity index (χ0v) is 13.2. The van der Waals surface area contributed by atoms with E-state index in [4.69, 9.17) is 0 Å². The van der Waals surface area contributed by atoms with Crippen LogP contribution in [0, 0.1) is 5.92 Å². The first-order valence-corrected chi connectivity index (χ1v) is 8.09. The highest BCUT2D eigenvalue weighted by Gasteiger charge is 2.21. The first-order valence-electron chi connectivity index (χ1n) is 8.09. The van der Waals surface area contributed by atoms with Gasteiger partial charge in [-0.15, -0.1) is 0 Å². The lowest BCUT2D eigenvalue weighted by molar-refractivity contribution is 0.166. The molecule has 1 aliphatic heterocycles. The minimum Gasteiger partial charge on any atom is -0.373 e. The van der Waals surface area contributed by atoms with Gasteiger partial charge in [-0.05, 0) is 49.9 Å². The first-order chi connectivity index (χ1) is 10.8. The molecule has 2 aromatic heterocycles. The predicted molar refractivity (Wildman–Crippen MR) is 89.7 cm³/mol. The first kappa shape index (κ1) is 15.0. The summed E-state index contributed by atoms with van der Waals surface area (Å²) in [6, 6.07) is 10.4. The third-order valence-electron chi connectivity index (χ3n) is 4.35. The van der Waals surface area contributed by atoms with Crippen LogP contribution in [0.25, 0.3) is 0 Å². The number of piperidine rings is 1. The monoisotopic (exact) mass is 296 g/mol. The quantitative estimate of drug-likeness (QED) is 0.921.